The molecule has 0 spiro atoms. The van der Waals surface area contributed by atoms with Crippen LogP contribution in [0.3, 0.4) is 0 Å². The van der Waals surface area contributed by atoms with Crippen LogP contribution in [-0.2, 0) is 17.8 Å². The molecule has 1 aliphatic heterocycles. The minimum atomic E-state index is 0.0374. The summed E-state index contributed by atoms with van der Waals surface area (Å²) in [6.07, 6.45) is 11.2. The van der Waals surface area contributed by atoms with Gasteiger partial charge >= 0.3 is 0 Å². The van der Waals surface area contributed by atoms with Crippen molar-refractivity contribution in [1.82, 2.24) is 10.2 Å². The second-order valence-corrected chi connectivity index (χ2v) is 7.41. The summed E-state index contributed by atoms with van der Waals surface area (Å²) in [5.41, 5.74) is 2.68. The lowest BCUT2D eigenvalue weighted by atomic mass is 9.89. The third-order valence-corrected chi connectivity index (χ3v) is 5.59. The third kappa shape index (κ3) is 4.85. The fourth-order valence-corrected chi connectivity index (χ4v) is 3.94. The van der Waals surface area contributed by atoms with Gasteiger partial charge < -0.3 is 10.1 Å². The Labute approximate surface area is 151 Å². The van der Waals surface area contributed by atoms with E-state index in [9.17, 15) is 4.79 Å². The first-order chi connectivity index (χ1) is 12.2. The molecule has 136 valence electrons. The van der Waals surface area contributed by atoms with E-state index in [2.05, 4.69) is 35.5 Å². The molecule has 4 nitrogen and oxygen atoms in total. The van der Waals surface area contributed by atoms with Crippen molar-refractivity contribution in [2.45, 2.75) is 51.1 Å². The minimum Gasteiger partial charge on any atom is -0.497 e. The van der Waals surface area contributed by atoms with Crippen molar-refractivity contribution in [1.29, 1.82) is 0 Å². The van der Waals surface area contributed by atoms with Crippen LogP contribution in [-0.4, -0.2) is 37.6 Å². The lowest BCUT2D eigenvalue weighted by Gasteiger charge is -2.34. The molecule has 1 atom stereocenters. The average Bonchev–Trinajstić information content (AvgIpc) is 2.65. The van der Waals surface area contributed by atoms with Gasteiger partial charge in [-0.05, 0) is 61.6 Å². The zero-order valence-corrected chi connectivity index (χ0v) is 15.5. The SMILES string of the molecule is COc1ccc2c(c1)CC(CNC(=O)C=CC1CCCCC1)N(C)C2. The van der Waals surface area contributed by atoms with Gasteiger partial charge in [0.15, 0.2) is 0 Å². The molecule has 1 amide bonds. The van der Waals surface area contributed by atoms with Gasteiger partial charge in [0.25, 0.3) is 0 Å². The van der Waals surface area contributed by atoms with Gasteiger partial charge in [0, 0.05) is 19.1 Å². The van der Waals surface area contributed by atoms with Gasteiger partial charge in [0.05, 0.1) is 7.11 Å². The molecule has 25 heavy (non-hydrogen) atoms. The van der Waals surface area contributed by atoms with Crippen LogP contribution in [0.2, 0.25) is 0 Å². The number of methoxy groups -OCH3 is 1. The number of hydrogen-bond acceptors (Lipinski definition) is 3. The molecule has 1 saturated carbocycles. The molecule has 0 radical (unpaired) electrons. The topological polar surface area (TPSA) is 41.6 Å². The van der Waals surface area contributed by atoms with Gasteiger partial charge in [-0.25, -0.2) is 0 Å². The number of fused-ring (bicyclic) bond motifs is 1. The molecule has 1 aromatic carbocycles. The first kappa shape index (κ1) is 18.0. The maximum absolute atomic E-state index is 12.1. The van der Waals surface area contributed by atoms with Crippen molar-refractivity contribution in [2.24, 2.45) is 5.92 Å². The van der Waals surface area contributed by atoms with Crippen LogP contribution < -0.4 is 10.1 Å². The molecular formula is C21H30N2O2. The number of likely N-dealkylation sites (N-methyl/N-ethyl adjacent to an activating group) is 1. The second kappa shape index (κ2) is 8.52. The van der Waals surface area contributed by atoms with Crippen LogP contribution in [0.1, 0.15) is 43.2 Å². The molecule has 1 unspecified atom stereocenters. The van der Waals surface area contributed by atoms with E-state index in [1.54, 1.807) is 13.2 Å². The fraction of sp³-hybridized carbons (Fsp3) is 0.571. The number of carbonyl (C=O) groups excluding carboxylic acids is 1. The molecule has 2 aliphatic rings. The quantitative estimate of drug-likeness (QED) is 0.835. The fourth-order valence-electron chi connectivity index (χ4n) is 3.94. The van der Waals surface area contributed by atoms with Gasteiger partial charge in [0.1, 0.15) is 5.75 Å². The standard InChI is InChI=1S/C21H30N2O2/c1-23-15-17-9-10-20(25-2)13-18(17)12-19(23)14-22-21(24)11-8-16-6-4-3-5-7-16/h8-11,13,16,19H,3-7,12,14-15H2,1-2H3,(H,22,24). The van der Waals surface area contributed by atoms with Gasteiger partial charge in [-0.1, -0.05) is 31.4 Å². The number of rotatable bonds is 5. The largest absolute Gasteiger partial charge is 0.497 e. The van der Waals surface area contributed by atoms with Crippen LogP contribution in [0.25, 0.3) is 0 Å². The number of benzene rings is 1. The first-order valence-electron chi connectivity index (χ1n) is 9.48. The summed E-state index contributed by atoms with van der Waals surface area (Å²) in [7, 11) is 3.83. The summed E-state index contributed by atoms with van der Waals surface area (Å²) in [6, 6.07) is 6.61. The summed E-state index contributed by atoms with van der Waals surface area (Å²) in [4.78, 5) is 14.5. The molecule has 0 bridgehead atoms. The minimum absolute atomic E-state index is 0.0374. The van der Waals surface area contributed by atoms with Crippen molar-refractivity contribution >= 4 is 5.91 Å². The molecule has 0 saturated heterocycles. The van der Waals surface area contributed by atoms with Gasteiger partial charge in [-0.15, -0.1) is 0 Å². The van der Waals surface area contributed by atoms with Crippen LogP contribution in [0, 0.1) is 5.92 Å². The lowest BCUT2D eigenvalue weighted by molar-refractivity contribution is -0.116. The first-order valence-corrected chi connectivity index (χ1v) is 9.48. The maximum Gasteiger partial charge on any atom is 0.243 e. The Hall–Kier alpha value is -1.81. The Kier molecular flexibility index (Phi) is 6.14. The zero-order valence-electron chi connectivity index (χ0n) is 15.5. The van der Waals surface area contributed by atoms with E-state index in [1.807, 2.05) is 6.07 Å². The van der Waals surface area contributed by atoms with Crippen LogP contribution >= 0.6 is 0 Å². The maximum atomic E-state index is 12.1. The summed E-state index contributed by atoms with van der Waals surface area (Å²) in [5.74, 6) is 1.54. The Morgan fingerprint density at radius 1 is 1.28 bits per heavy atom. The second-order valence-electron chi connectivity index (χ2n) is 7.41. The van der Waals surface area contributed by atoms with E-state index in [1.165, 1.54) is 43.2 Å². The number of nitrogens with zero attached hydrogens (tertiary/aromatic N) is 1. The van der Waals surface area contributed by atoms with Crippen LogP contribution in [0.5, 0.6) is 5.75 Å². The van der Waals surface area contributed by atoms with E-state index in [-0.39, 0.29) is 5.91 Å². The molecule has 1 N–H and O–H groups in total. The van der Waals surface area contributed by atoms with Crippen LogP contribution in [0.4, 0.5) is 0 Å². The number of ether oxygens (including phenoxy) is 1. The predicted octanol–water partition coefficient (Wildman–Crippen LogP) is 3.30. The predicted molar refractivity (Wildman–Crippen MR) is 101 cm³/mol. The van der Waals surface area contributed by atoms with Gasteiger partial charge in [-0.2, -0.15) is 0 Å². The van der Waals surface area contributed by atoms with Gasteiger partial charge in [-0.3, -0.25) is 9.69 Å². The summed E-state index contributed by atoms with van der Waals surface area (Å²) >= 11 is 0. The van der Waals surface area contributed by atoms with E-state index >= 15 is 0 Å². The molecule has 1 heterocycles. The number of hydrogen-bond donors (Lipinski definition) is 1. The van der Waals surface area contributed by atoms with Gasteiger partial charge in [0.2, 0.25) is 5.91 Å². The van der Waals surface area contributed by atoms with E-state index in [0.717, 1.165) is 18.7 Å². The van der Waals surface area contributed by atoms with Crippen LogP contribution in [0.15, 0.2) is 30.4 Å². The number of allylic oxidation sites excluding steroid dienone is 1. The number of amides is 1. The van der Waals surface area contributed by atoms with Crippen molar-refractivity contribution in [3.05, 3.63) is 41.5 Å². The highest BCUT2D eigenvalue weighted by Gasteiger charge is 2.23. The normalized spacial score (nSPS) is 21.9. The summed E-state index contributed by atoms with van der Waals surface area (Å²) < 4.78 is 5.34. The summed E-state index contributed by atoms with van der Waals surface area (Å²) in [6.45, 7) is 1.60. The van der Waals surface area contributed by atoms with E-state index in [0.29, 0.717) is 18.5 Å². The van der Waals surface area contributed by atoms with Crippen molar-refractivity contribution in [2.75, 3.05) is 20.7 Å². The van der Waals surface area contributed by atoms with E-state index in [4.69, 9.17) is 4.74 Å². The number of nitrogens with one attached hydrogen (secondary N) is 1. The van der Waals surface area contributed by atoms with E-state index < -0.39 is 0 Å². The Balaban J connectivity index is 1.52. The molecule has 4 heteroatoms. The molecular weight excluding hydrogens is 312 g/mol. The highest BCUT2D eigenvalue weighted by molar-refractivity contribution is 5.87. The zero-order chi connectivity index (χ0) is 17.6. The molecule has 1 aliphatic carbocycles. The highest BCUT2D eigenvalue weighted by atomic mass is 16.5. The molecule has 1 fully saturated rings. The lowest BCUT2D eigenvalue weighted by Crippen LogP contribution is -2.45. The average molecular weight is 342 g/mol. The van der Waals surface area contributed by atoms with Crippen molar-refractivity contribution in [3.63, 3.8) is 0 Å². The monoisotopic (exact) mass is 342 g/mol. The Morgan fingerprint density at radius 2 is 2.08 bits per heavy atom. The van der Waals surface area contributed by atoms with Crippen molar-refractivity contribution in [3.8, 4) is 5.75 Å². The Bertz CT molecular complexity index is 620. The smallest absolute Gasteiger partial charge is 0.243 e. The van der Waals surface area contributed by atoms with Crippen molar-refractivity contribution < 1.29 is 9.53 Å². The third-order valence-electron chi connectivity index (χ3n) is 5.59. The Morgan fingerprint density at radius 3 is 2.84 bits per heavy atom. The molecule has 1 aromatic rings. The highest BCUT2D eigenvalue weighted by Crippen LogP contribution is 2.26. The summed E-state index contributed by atoms with van der Waals surface area (Å²) in [5, 5.41) is 3.08. The molecule has 3 rings (SSSR count). The molecule has 0 aromatic heterocycles. The number of carbonyl (C=O) groups is 1.